The third kappa shape index (κ3) is 5.42. The smallest absolute Gasteiger partial charge is 0.276 e. The van der Waals surface area contributed by atoms with E-state index < -0.39 is 21.4 Å². The summed E-state index contributed by atoms with van der Waals surface area (Å²) in [6, 6.07) is 3.33. The molecule has 1 fully saturated rings. The van der Waals surface area contributed by atoms with Crippen molar-refractivity contribution in [1.29, 1.82) is 5.26 Å². The number of nitriles is 1. The Morgan fingerprint density at radius 1 is 1.20 bits per heavy atom. The highest BCUT2D eigenvalue weighted by atomic mass is 35.5. The molecule has 4 heterocycles. The van der Waals surface area contributed by atoms with Crippen molar-refractivity contribution in [1.82, 2.24) is 19.8 Å². The first-order valence-corrected chi connectivity index (χ1v) is 15.5. The van der Waals surface area contributed by atoms with Crippen molar-refractivity contribution in [3.63, 3.8) is 0 Å². The van der Waals surface area contributed by atoms with Gasteiger partial charge in [0.25, 0.3) is 5.56 Å². The molecule has 0 aliphatic carbocycles. The molecule has 0 spiro atoms. The molecule has 1 amide bonds. The third-order valence-electron chi connectivity index (χ3n) is 8.03. The van der Waals surface area contributed by atoms with Gasteiger partial charge in [-0.15, -0.1) is 0 Å². The number of anilines is 2. The number of nitrogens with one attached hydrogen (secondary N) is 1. The van der Waals surface area contributed by atoms with Crippen molar-refractivity contribution in [2.45, 2.75) is 26.8 Å². The maximum Gasteiger partial charge on any atom is 0.276 e. The van der Waals surface area contributed by atoms with Gasteiger partial charge in [0.05, 0.1) is 48.9 Å². The Balaban J connectivity index is 1.90. The van der Waals surface area contributed by atoms with Gasteiger partial charge in [-0.1, -0.05) is 66.8 Å². The van der Waals surface area contributed by atoms with E-state index in [9.17, 15) is 14.9 Å². The summed E-state index contributed by atoms with van der Waals surface area (Å²) < 4.78 is 16.5. The first kappa shape index (κ1) is 32.6. The van der Waals surface area contributed by atoms with Crippen LogP contribution in [-0.4, -0.2) is 52.6 Å². The number of nitrogens with two attached hydrogens (primary N) is 1. The summed E-state index contributed by atoms with van der Waals surface area (Å²) in [6.45, 7) is 10.7. The standard InChI is InChI=1S/C31H28Cl4FN7O2/c1-5-19(44)41-8-10-42(11-9-41)29-16-12-18(32)27(20-21(33)24(36)22(34)23(35)25(20)38)40-30(16)43(31(45)17(29)13-37)28-15(4)6-7-39-26(28)14(2)3/h5-7,12,14,26,39H,1,8-11,38H2,2-4H3/t26-/m1/s1. The summed E-state index contributed by atoms with van der Waals surface area (Å²) in [5.41, 5.74) is 7.07. The first-order chi connectivity index (χ1) is 21.3. The van der Waals surface area contributed by atoms with Gasteiger partial charge < -0.3 is 20.9 Å². The first-order valence-electron chi connectivity index (χ1n) is 13.9. The van der Waals surface area contributed by atoms with Crippen LogP contribution in [-0.2, 0) is 4.79 Å². The SMILES string of the molecule is C=CC(=O)N1CCN(c2c(C#N)c(=O)n(C3=C(C)C=CN[C@@H]3C(C)C)c3nc(-c4c(N)c(Cl)c(Cl)c(F)c4Cl)c(Cl)cc23)CC1. The molecule has 0 saturated carbocycles. The molecule has 1 saturated heterocycles. The minimum absolute atomic E-state index is 0.0116. The lowest BCUT2D eigenvalue weighted by Crippen LogP contribution is -2.49. The highest BCUT2D eigenvalue weighted by Gasteiger charge is 2.33. The lowest BCUT2D eigenvalue weighted by Gasteiger charge is -2.37. The average Bonchev–Trinajstić information content (AvgIpc) is 3.02. The molecule has 2 aliphatic heterocycles. The summed E-state index contributed by atoms with van der Waals surface area (Å²) in [6.07, 6.45) is 4.87. The van der Waals surface area contributed by atoms with E-state index in [1.807, 2.05) is 31.7 Å². The number of aromatic nitrogens is 2. The van der Waals surface area contributed by atoms with Crippen LogP contribution >= 0.6 is 46.4 Å². The average molecular weight is 691 g/mol. The Labute approximate surface area is 278 Å². The number of hydrogen-bond acceptors (Lipinski definition) is 7. The Morgan fingerprint density at radius 3 is 2.47 bits per heavy atom. The summed E-state index contributed by atoms with van der Waals surface area (Å²) in [7, 11) is 0. The fraction of sp³-hybridized carbons (Fsp3) is 0.290. The molecular formula is C31H28Cl4FN7O2. The number of benzene rings is 1. The van der Waals surface area contributed by atoms with E-state index in [1.165, 1.54) is 10.6 Å². The largest absolute Gasteiger partial charge is 0.397 e. The van der Waals surface area contributed by atoms with Gasteiger partial charge >= 0.3 is 0 Å². The van der Waals surface area contributed by atoms with Gasteiger partial charge in [-0.3, -0.25) is 14.2 Å². The van der Waals surface area contributed by atoms with E-state index in [-0.39, 0.29) is 56.1 Å². The molecule has 3 aromatic rings. The van der Waals surface area contributed by atoms with Gasteiger partial charge in [0.15, 0.2) is 5.82 Å². The molecule has 234 valence electrons. The number of fused-ring (bicyclic) bond motifs is 1. The number of amides is 1. The van der Waals surface area contributed by atoms with E-state index in [0.29, 0.717) is 42.9 Å². The monoisotopic (exact) mass is 689 g/mol. The number of allylic oxidation sites excluding steroid dienone is 2. The van der Waals surface area contributed by atoms with E-state index in [4.69, 9.17) is 57.1 Å². The van der Waals surface area contributed by atoms with E-state index in [0.717, 1.165) is 5.57 Å². The van der Waals surface area contributed by atoms with Crippen LogP contribution in [0, 0.1) is 23.1 Å². The third-order valence-corrected chi connectivity index (χ3v) is 9.51. The highest BCUT2D eigenvalue weighted by Crippen LogP contribution is 2.47. The number of halogens is 5. The number of piperazine rings is 1. The fourth-order valence-corrected chi connectivity index (χ4v) is 6.72. The van der Waals surface area contributed by atoms with E-state index in [1.54, 1.807) is 17.2 Å². The molecule has 0 unspecified atom stereocenters. The van der Waals surface area contributed by atoms with Crippen molar-refractivity contribution >= 4 is 80.4 Å². The lowest BCUT2D eigenvalue weighted by molar-refractivity contribution is -0.126. The molecule has 45 heavy (non-hydrogen) atoms. The normalized spacial score (nSPS) is 16.8. The van der Waals surface area contributed by atoms with Crippen molar-refractivity contribution in [3.8, 4) is 17.3 Å². The van der Waals surface area contributed by atoms with Crippen LogP contribution in [0.25, 0.3) is 28.0 Å². The maximum atomic E-state index is 15.1. The number of nitrogen functional groups attached to an aromatic ring is 1. The number of carbonyl (C=O) groups excluding carboxylic acids is 1. The van der Waals surface area contributed by atoms with Gasteiger partial charge in [0.1, 0.15) is 17.3 Å². The molecule has 2 aliphatic rings. The predicted molar refractivity (Wildman–Crippen MR) is 179 cm³/mol. The summed E-state index contributed by atoms with van der Waals surface area (Å²) in [4.78, 5) is 35.0. The molecule has 0 radical (unpaired) electrons. The Hall–Kier alpha value is -3.75. The van der Waals surface area contributed by atoms with Gasteiger partial charge in [-0.05, 0) is 42.8 Å². The second-order valence-corrected chi connectivity index (χ2v) is 12.6. The molecule has 9 nitrogen and oxygen atoms in total. The van der Waals surface area contributed by atoms with Gasteiger partial charge in [-0.25, -0.2) is 9.37 Å². The van der Waals surface area contributed by atoms with Crippen LogP contribution < -0.4 is 21.5 Å². The molecule has 14 heteroatoms. The minimum atomic E-state index is -1.00. The van der Waals surface area contributed by atoms with E-state index >= 15 is 4.39 Å². The molecular weight excluding hydrogens is 663 g/mol. The number of rotatable bonds is 5. The zero-order valence-corrected chi connectivity index (χ0v) is 27.5. The Kier molecular flexibility index (Phi) is 9.11. The predicted octanol–water partition coefficient (Wildman–Crippen LogP) is 6.48. The quantitative estimate of drug-likeness (QED) is 0.136. The van der Waals surface area contributed by atoms with Crippen LogP contribution in [0.1, 0.15) is 26.3 Å². The lowest BCUT2D eigenvalue weighted by atomic mass is 9.94. The summed E-state index contributed by atoms with van der Waals surface area (Å²) in [5.74, 6) is -1.20. The molecule has 1 aromatic carbocycles. The second-order valence-electron chi connectivity index (χ2n) is 11.0. The molecule has 0 bridgehead atoms. The Morgan fingerprint density at radius 2 is 1.87 bits per heavy atom. The zero-order valence-electron chi connectivity index (χ0n) is 24.5. The van der Waals surface area contributed by atoms with E-state index in [2.05, 4.69) is 18.0 Å². The van der Waals surface area contributed by atoms with Crippen LogP contribution in [0.15, 0.2) is 41.4 Å². The number of nitrogens with zero attached hydrogens (tertiary/aromatic N) is 5. The highest BCUT2D eigenvalue weighted by molar-refractivity contribution is 6.46. The van der Waals surface area contributed by atoms with Crippen molar-refractivity contribution < 1.29 is 9.18 Å². The molecule has 5 rings (SSSR count). The van der Waals surface area contributed by atoms with Crippen LogP contribution in [0.5, 0.6) is 0 Å². The number of hydrogen-bond donors (Lipinski definition) is 2. The molecule has 3 N–H and O–H groups in total. The number of dihydropyridines is 1. The van der Waals surface area contributed by atoms with Crippen LogP contribution in [0.4, 0.5) is 15.8 Å². The van der Waals surface area contributed by atoms with Crippen LogP contribution in [0.2, 0.25) is 20.1 Å². The van der Waals surface area contributed by atoms with Crippen molar-refractivity contribution in [3.05, 3.63) is 78.4 Å². The molecule has 1 atom stereocenters. The topological polar surface area (TPSA) is 120 Å². The fourth-order valence-electron chi connectivity index (χ4n) is 5.77. The van der Waals surface area contributed by atoms with Crippen molar-refractivity contribution in [2.24, 2.45) is 5.92 Å². The number of carbonyl (C=O) groups is 1. The van der Waals surface area contributed by atoms with Crippen LogP contribution in [0.3, 0.4) is 0 Å². The summed E-state index contributed by atoms with van der Waals surface area (Å²) >= 11 is 25.5. The molecule has 2 aromatic heterocycles. The van der Waals surface area contributed by atoms with Crippen molar-refractivity contribution in [2.75, 3.05) is 36.8 Å². The summed E-state index contributed by atoms with van der Waals surface area (Å²) in [5, 5.41) is 13.0. The number of pyridine rings is 2. The van der Waals surface area contributed by atoms with Gasteiger partial charge in [0.2, 0.25) is 5.91 Å². The second kappa shape index (κ2) is 12.6. The van der Waals surface area contributed by atoms with Gasteiger partial charge in [-0.2, -0.15) is 5.26 Å². The minimum Gasteiger partial charge on any atom is -0.397 e. The zero-order chi connectivity index (χ0) is 32.9. The Bertz CT molecular complexity index is 1910. The van der Waals surface area contributed by atoms with Gasteiger partial charge in [0, 0.05) is 37.1 Å². The maximum absolute atomic E-state index is 15.1.